The zero-order valence-corrected chi connectivity index (χ0v) is 12.5. The lowest BCUT2D eigenvalue weighted by Crippen LogP contribution is -2.46. The number of amides is 1. The van der Waals surface area contributed by atoms with Gasteiger partial charge in [0.15, 0.2) is 0 Å². The van der Waals surface area contributed by atoms with E-state index in [1.807, 2.05) is 13.8 Å². The Morgan fingerprint density at radius 2 is 1.78 bits per heavy atom. The number of carbonyl (C=O) groups excluding carboxylic acids is 1. The van der Waals surface area contributed by atoms with E-state index in [2.05, 4.69) is 5.32 Å². The molecule has 0 aromatic carbocycles. The van der Waals surface area contributed by atoms with Crippen molar-refractivity contribution in [1.82, 2.24) is 9.62 Å². The first-order valence-corrected chi connectivity index (χ1v) is 7.75. The van der Waals surface area contributed by atoms with Crippen molar-refractivity contribution in [1.29, 1.82) is 0 Å². The summed E-state index contributed by atoms with van der Waals surface area (Å²) in [7, 11) is -0.329. The van der Waals surface area contributed by atoms with E-state index < -0.39 is 15.4 Å². The molecule has 0 heterocycles. The summed E-state index contributed by atoms with van der Waals surface area (Å²) < 4.78 is 24.2. The van der Waals surface area contributed by atoms with Gasteiger partial charge >= 0.3 is 0 Å². The van der Waals surface area contributed by atoms with Crippen LogP contribution in [0.2, 0.25) is 0 Å². The Kier molecular flexibility index (Phi) is 6.80. The zero-order chi connectivity index (χ0) is 14.4. The fraction of sp³-hybridized carbons (Fsp3) is 0.909. The zero-order valence-electron chi connectivity index (χ0n) is 11.7. The summed E-state index contributed by atoms with van der Waals surface area (Å²) in [6.45, 7) is 4.20. The highest BCUT2D eigenvalue weighted by atomic mass is 32.2. The molecule has 18 heavy (non-hydrogen) atoms. The van der Waals surface area contributed by atoms with Gasteiger partial charge in [-0.1, -0.05) is 13.8 Å². The molecule has 0 fully saturated rings. The van der Waals surface area contributed by atoms with Crippen molar-refractivity contribution in [2.75, 3.05) is 32.9 Å². The maximum atomic E-state index is 12.0. The fourth-order valence-electron chi connectivity index (χ4n) is 1.62. The van der Waals surface area contributed by atoms with Gasteiger partial charge in [0.25, 0.3) is 0 Å². The van der Waals surface area contributed by atoms with Crippen LogP contribution in [0.15, 0.2) is 0 Å². The molecule has 0 aromatic heterocycles. The van der Waals surface area contributed by atoms with Gasteiger partial charge in [0.05, 0.1) is 11.2 Å². The van der Waals surface area contributed by atoms with Crippen molar-refractivity contribution in [2.24, 2.45) is 11.1 Å². The quantitative estimate of drug-likeness (QED) is 0.641. The molecule has 1 amide bonds. The molecule has 0 aliphatic rings. The first-order valence-electron chi connectivity index (χ1n) is 6.14. The maximum Gasteiger partial charge on any atom is 0.227 e. The number of hydrogen-bond donors (Lipinski definition) is 2. The minimum Gasteiger partial charge on any atom is -0.355 e. The average molecular weight is 279 g/mol. The lowest BCUT2D eigenvalue weighted by molar-refractivity contribution is -0.130. The lowest BCUT2D eigenvalue weighted by Gasteiger charge is -2.28. The Balaban J connectivity index is 4.44. The SMILES string of the molecule is CCC(CC)(CN)C(=O)NCCS(=O)(=O)N(C)C. The normalized spacial score (nSPS) is 12.8. The van der Waals surface area contributed by atoms with E-state index >= 15 is 0 Å². The van der Waals surface area contributed by atoms with Gasteiger partial charge in [-0.2, -0.15) is 0 Å². The molecule has 6 nitrogen and oxygen atoms in total. The number of hydrogen-bond acceptors (Lipinski definition) is 4. The third kappa shape index (κ3) is 4.22. The lowest BCUT2D eigenvalue weighted by atomic mass is 9.81. The smallest absolute Gasteiger partial charge is 0.227 e. The molecule has 0 aromatic rings. The van der Waals surface area contributed by atoms with Crippen LogP contribution in [0, 0.1) is 5.41 Å². The van der Waals surface area contributed by atoms with Crippen LogP contribution >= 0.6 is 0 Å². The standard InChI is InChI=1S/C11H25N3O3S/c1-5-11(6-2,9-12)10(15)13-7-8-18(16,17)14(3)4/h5-9,12H2,1-4H3,(H,13,15). The Hall–Kier alpha value is -0.660. The van der Waals surface area contributed by atoms with Crippen LogP contribution in [-0.2, 0) is 14.8 Å². The van der Waals surface area contributed by atoms with E-state index in [1.165, 1.54) is 14.1 Å². The van der Waals surface area contributed by atoms with Crippen molar-refractivity contribution in [3.63, 3.8) is 0 Å². The van der Waals surface area contributed by atoms with Gasteiger partial charge < -0.3 is 11.1 Å². The van der Waals surface area contributed by atoms with Gasteiger partial charge in [0.1, 0.15) is 0 Å². The molecule has 3 N–H and O–H groups in total. The van der Waals surface area contributed by atoms with Crippen LogP contribution in [0.5, 0.6) is 0 Å². The molecular formula is C11H25N3O3S. The van der Waals surface area contributed by atoms with Crippen LogP contribution in [-0.4, -0.2) is 51.6 Å². The molecule has 7 heteroatoms. The molecule has 0 bridgehead atoms. The Labute approximate surface area is 110 Å². The summed E-state index contributed by atoms with van der Waals surface area (Å²) in [5.74, 6) is -0.260. The Morgan fingerprint density at radius 1 is 1.28 bits per heavy atom. The second-order valence-corrected chi connectivity index (χ2v) is 6.85. The van der Waals surface area contributed by atoms with Crippen LogP contribution < -0.4 is 11.1 Å². The van der Waals surface area contributed by atoms with E-state index in [4.69, 9.17) is 5.73 Å². The third-order valence-electron chi connectivity index (χ3n) is 3.43. The minimum atomic E-state index is -3.27. The van der Waals surface area contributed by atoms with Crippen molar-refractivity contribution < 1.29 is 13.2 Å². The molecule has 108 valence electrons. The van der Waals surface area contributed by atoms with Crippen molar-refractivity contribution in [2.45, 2.75) is 26.7 Å². The van der Waals surface area contributed by atoms with Crippen LogP contribution in [0.25, 0.3) is 0 Å². The fourth-order valence-corrected chi connectivity index (χ4v) is 2.34. The molecule has 0 aliphatic heterocycles. The highest BCUT2D eigenvalue weighted by Crippen LogP contribution is 2.24. The second kappa shape index (κ2) is 7.06. The summed E-state index contributed by atoms with van der Waals surface area (Å²) in [5.41, 5.74) is 5.07. The topological polar surface area (TPSA) is 92.5 Å². The molecule has 0 spiro atoms. The minimum absolute atomic E-state index is 0.0974. The molecular weight excluding hydrogens is 254 g/mol. The van der Waals surface area contributed by atoms with Crippen LogP contribution in [0.1, 0.15) is 26.7 Å². The molecule has 0 rings (SSSR count). The summed E-state index contributed by atoms with van der Waals surface area (Å²) in [6, 6.07) is 0. The number of nitrogens with two attached hydrogens (primary N) is 1. The number of nitrogens with zero attached hydrogens (tertiary/aromatic N) is 1. The predicted molar refractivity (Wildman–Crippen MR) is 72.6 cm³/mol. The van der Waals surface area contributed by atoms with E-state index in [0.29, 0.717) is 12.8 Å². The maximum absolute atomic E-state index is 12.0. The number of rotatable bonds is 8. The van der Waals surface area contributed by atoms with Crippen molar-refractivity contribution in [3.8, 4) is 0 Å². The van der Waals surface area contributed by atoms with Gasteiger partial charge in [0.2, 0.25) is 15.9 Å². The molecule has 0 atom stereocenters. The van der Waals surface area contributed by atoms with Gasteiger partial charge in [-0.3, -0.25) is 4.79 Å². The Morgan fingerprint density at radius 3 is 2.11 bits per heavy atom. The van der Waals surface area contributed by atoms with Crippen molar-refractivity contribution >= 4 is 15.9 Å². The van der Waals surface area contributed by atoms with E-state index in [-0.39, 0.29) is 24.7 Å². The number of sulfonamides is 1. The summed E-state index contributed by atoms with van der Waals surface area (Å²) in [5, 5.41) is 2.66. The predicted octanol–water partition coefficient (Wildman–Crippen LogP) is -0.241. The van der Waals surface area contributed by atoms with Crippen LogP contribution in [0.4, 0.5) is 0 Å². The summed E-state index contributed by atoms with van der Waals surface area (Å²) in [4.78, 5) is 12.0. The monoisotopic (exact) mass is 279 g/mol. The van der Waals surface area contributed by atoms with E-state index in [0.717, 1.165) is 4.31 Å². The van der Waals surface area contributed by atoms with Crippen molar-refractivity contribution in [3.05, 3.63) is 0 Å². The van der Waals surface area contributed by atoms with E-state index in [1.54, 1.807) is 0 Å². The van der Waals surface area contributed by atoms with Gasteiger partial charge in [-0.15, -0.1) is 0 Å². The average Bonchev–Trinajstić information content (AvgIpc) is 2.31. The molecule has 0 aliphatic carbocycles. The van der Waals surface area contributed by atoms with E-state index in [9.17, 15) is 13.2 Å². The number of carbonyl (C=O) groups is 1. The largest absolute Gasteiger partial charge is 0.355 e. The van der Waals surface area contributed by atoms with Gasteiger partial charge in [-0.05, 0) is 12.8 Å². The highest BCUT2D eigenvalue weighted by molar-refractivity contribution is 7.89. The summed E-state index contributed by atoms with van der Waals surface area (Å²) >= 11 is 0. The van der Waals surface area contributed by atoms with Crippen LogP contribution in [0.3, 0.4) is 0 Å². The third-order valence-corrected chi connectivity index (χ3v) is 5.26. The molecule has 0 radical (unpaired) electrons. The second-order valence-electron chi connectivity index (χ2n) is 4.55. The summed E-state index contributed by atoms with van der Waals surface area (Å²) in [6.07, 6.45) is 1.29. The molecule has 0 unspecified atom stereocenters. The van der Waals surface area contributed by atoms with Gasteiger partial charge in [-0.25, -0.2) is 12.7 Å². The molecule has 0 saturated heterocycles. The highest BCUT2D eigenvalue weighted by Gasteiger charge is 2.33. The first-order chi connectivity index (χ1) is 8.25. The Bertz CT molecular complexity index is 353. The molecule has 0 saturated carbocycles. The van der Waals surface area contributed by atoms with Gasteiger partial charge in [0, 0.05) is 27.2 Å². The first kappa shape index (κ1) is 17.3. The number of nitrogens with one attached hydrogen (secondary N) is 1.